The van der Waals surface area contributed by atoms with Gasteiger partial charge in [-0.1, -0.05) is 0 Å². The largest absolute Gasteiger partial charge is 0.444 e. The van der Waals surface area contributed by atoms with Gasteiger partial charge in [0.2, 0.25) is 0 Å². The Morgan fingerprint density at radius 3 is 2.73 bits per heavy atom. The Bertz CT molecular complexity index is 537. The van der Waals surface area contributed by atoms with Crippen molar-refractivity contribution in [3.05, 3.63) is 23.0 Å². The summed E-state index contributed by atoms with van der Waals surface area (Å²) in [5.41, 5.74) is 2.72. The number of hydrogen-bond donors (Lipinski definition) is 0. The number of piperidine rings is 1. The molecule has 2 heterocycles. The summed E-state index contributed by atoms with van der Waals surface area (Å²) in [4.78, 5) is 14.0. The molecule has 1 unspecified atom stereocenters. The number of nitrogens with zero attached hydrogens (tertiary/aromatic N) is 3. The van der Waals surface area contributed by atoms with Crippen LogP contribution in [0.4, 0.5) is 4.79 Å². The maximum Gasteiger partial charge on any atom is 0.410 e. The number of rotatable bonds is 2. The molecule has 1 aromatic rings. The summed E-state index contributed by atoms with van der Waals surface area (Å²) < 4.78 is 5.47. The second-order valence-electron chi connectivity index (χ2n) is 7.24. The van der Waals surface area contributed by atoms with Gasteiger partial charge in [-0.25, -0.2) is 4.79 Å². The number of carbonyl (C=O) groups excluding carboxylic acids is 1. The minimum Gasteiger partial charge on any atom is -0.444 e. The van der Waals surface area contributed by atoms with E-state index in [1.165, 1.54) is 5.56 Å². The molecule has 5 nitrogen and oxygen atoms in total. The quantitative estimate of drug-likeness (QED) is 0.841. The highest BCUT2D eigenvalue weighted by atomic mass is 16.6. The van der Waals surface area contributed by atoms with Crippen molar-refractivity contribution in [2.75, 3.05) is 13.1 Å². The lowest BCUT2D eigenvalue weighted by molar-refractivity contribution is 0.0165. The zero-order chi connectivity index (χ0) is 16.3. The number of likely N-dealkylation sites (tertiary alicyclic amines) is 1. The van der Waals surface area contributed by atoms with E-state index in [-0.39, 0.29) is 6.09 Å². The van der Waals surface area contributed by atoms with Gasteiger partial charge in [0.25, 0.3) is 0 Å². The third-order valence-electron chi connectivity index (χ3n) is 3.95. The van der Waals surface area contributed by atoms with Crippen molar-refractivity contribution in [3.63, 3.8) is 0 Å². The molecule has 0 spiro atoms. The molecule has 0 aromatic carbocycles. The lowest BCUT2D eigenvalue weighted by atomic mass is 9.93. The maximum absolute atomic E-state index is 12.2. The van der Waals surface area contributed by atoms with Gasteiger partial charge in [0, 0.05) is 13.1 Å². The number of hydrogen-bond acceptors (Lipinski definition) is 4. The Morgan fingerprint density at radius 2 is 2.09 bits per heavy atom. The van der Waals surface area contributed by atoms with Crippen LogP contribution in [0.25, 0.3) is 0 Å². The lowest BCUT2D eigenvalue weighted by Crippen LogP contribution is -2.43. The van der Waals surface area contributed by atoms with Crippen molar-refractivity contribution in [2.24, 2.45) is 5.92 Å². The fourth-order valence-electron chi connectivity index (χ4n) is 2.72. The van der Waals surface area contributed by atoms with Gasteiger partial charge in [-0.05, 0) is 71.4 Å². The van der Waals surface area contributed by atoms with E-state index in [4.69, 9.17) is 4.74 Å². The first kappa shape index (κ1) is 16.7. The predicted octanol–water partition coefficient (Wildman–Crippen LogP) is 3.28. The van der Waals surface area contributed by atoms with Gasteiger partial charge in [-0.2, -0.15) is 10.2 Å². The van der Waals surface area contributed by atoms with Crippen molar-refractivity contribution >= 4 is 6.09 Å². The number of aryl methyl sites for hydroxylation is 2. The Morgan fingerprint density at radius 1 is 1.36 bits per heavy atom. The lowest BCUT2D eigenvalue weighted by Gasteiger charge is -2.34. The summed E-state index contributed by atoms with van der Waals surface area (Å²) in [6.07, 6.45) is 2.80. The topological polar surface area (TPSA) is 55.3 Å². The molecule has 0 aliphatic carbocycles. The Labute approximate surface area is 133 Å². The Kier molecular flexibility index (Phi) is 5.04. The van der Waals surface area contributed by atoms with Crippen LogP contribution in [0.2, 0.25) is 0 Å². The smallest absolute Gasteiger partial charge is 0.410 e. The monoisotopic (exact) mass is 305 g/mol. The molecule has 1 fully saturated rings. The number of aromatic nitrogens is 2. The second kappa shape index (κ2) is 6.63. The van der Waals surface area contributed by atoms with Gasteiger partial charge in [0.05, 0.1) is 11.4 Å². The second-order valence-corrected chi connectivity index (χ2v) is 7.24. The van der Waals surface area contributed by atoms with Gasteiger partial charge in [-0.3, -0.25) is 0 Å². The van der Waals surface area contributed by atoms with E-state index in [2.05, 4.69) is 23.2 Å². The molecule has 122 valence electrons. The van der Waals surface area contributed by atoms with E-state index in [1.807, 2.05) is 32.6 Å². The molecule has 0 saturated carbocycles. The molecular weight excluding hydrogens is 278 g/mol. The SMILES string of the molecule is Cc1cc(CC2CCCN(C(=O)OC(C)(C)C)C2)nnc1C. The molecule has 1 aliphatic heterocycles. The van der Waals surface area contributed by atoms with E-state index >= 15 is 0 Å². The standard InChI is InChI=1S/C17H27N3O2/c1-12-9-15(19-18-13(12)2)10-14-7-6-8-20(11-14)16(21)22-17(3,4)5/h9,14H,6-8,10-11H2,1-5H3. The summed E-state index contributed by atoms with van der Waals surface area (Å²) in [7, 11) is 0. The average Bonchev–Trinajstić information content (AvgIpc) is 2.41. The fraction of sp³-hybridized carbons (Fsp3) is 0.706. The van der Waals surface area contributed by atoms with E-state index in [9.17, 15) is 4.79 Å². The van der Waals surface area contributed by atoms with Crippen LogP contribution in [0.15, 0.2) is 6.07 Å². The summed E-state index contributed by atoms with van der Waals surface area (Å²) in [5, 5.41) is 8.47. The van der Waals surface area contributed by atoms with Gasteiger partial charge in [-0.15, -0.1) is 0 Å². The van der Waals surface area contributed by atoms with Crippen molar-refractivity contribution < 1.29 is 9.53 Å². The van der Waals surface area contributed by atoms with Crippen LogP contribution in [0.3, 0.4) is 0 Å². The predicted molar refractivity (Wildman–Crippen MR) is 85.7 cm³/mol. The van der Waals surface area contributed by atoms with Crippen LogP contribution >= 0.6 is 0 Å². The highest BCUT2D eigenvalue weighted by Crippen LogP contribution is 2.22. The summed E-state index contributed by atoms with van der Waals surface area (Å²) in [6.45, 7) is 11.2. The third kappa shape index (κ3) is 4.68. The summed E-state index contributed by atoms with van der Waals surface area (Å²) >= 11 is 0. The summed E-state index contributed by atoms with van der Waals surface area (Å²) in [6, 6.07) is 2.11. The van der Waals surface area contributed by atoms with Crippen molar-refractivity contribution in [1.82, 2.24) is 15.1 Å². The molecule has 1 atom stereocenters. The molecule has 22 heavy (non-hydrogen) atoms. The molecular formula is C17H27N3O2. The normalized spacial score (nSPS) is 19.1. The van der Waals surface area contributed by atoms with E-state index in [0.717, 1.165) is 43.7 Å². The molecule has 1 aromatic heterocycles. The number of ether oxygens (including phenoxy) is 1. The summed E-state index contributed by atoms with van der Waals surface area (Å²) in [5.74, 6) is 0.428. The Balaban J connectivity index is 1.95. The van der Waals surface area contributed by atoms with E-state index in [1.54, 1.807) is 0 Å². The number of amides is 1. The van der Waals surface area contributed by atoms with Crippen LogP contribution < -0.4 is 0 Å². The van der Waals surface area contributed by atoms with Crippen LogP contribution in [-0.2, 0) is 11.2 Å². The van der Waals surface area contributed by atoms with Gasteiger partial charge < -0.3 is 9.64 Å². The molecule has 0 bridgehead atoms. The zero-order valence-electron chi connectivity index (χ0n) is 14.3. The molecule has 0 radical (unpaired) electrons. The van der Waals surface area contributed by atoms with E-state index in [0.29, 0.717) is 5.92 Å². The van der Waals surface area contributed by atoms with Gasteiger partial charge in [0.1, 0.15) is 5.60 Å². The van der Waals surface area contributed by atoms with Crippen molar-refractivity contribution in [1.29, 1.82) is 0 Å². The first-order valence-electron chi connectivity index (χ1n) is 8.02. The molecule has 1 saturated heterocycles. The van der Waals surface area contributed by atoms with Gasteiger partial charge in [0.15, 0.2) is 0 Å². The zero-order valence-corrected chi connectivity index (χ0v) is 14.3. The van der Waals surface area contributed by atoms with Crippen molar-refractivity contribution in [3.8, 4) is 0 Å². The Hall–Kier alpha value is -1.65. The highest BCUT2D eigenvalue weighted by Gasteiger charge is 2.27. The number of carbonyl (C=O) groups is 1. The minimum absolute atomic E-state index is 0.205. The molecule has 1 aliphatic rings. The van der Waals surface area contributed by atoms with Crippen LogP contribution in [0.1, 0.15) is 50.6 Å². The molecule has 0 N–H and O–H groups in total. The highest BCUT2D eigenvalue weighted by molar-refractivity contribution is 5.68. The van der Waals surface area contributed by atoms with Crippen LogP contribution in [0, 0.1) is 19.8 Å². The first-order valence-corrected chi connectivity index (χ1v) is 8.02. The molecule has 1 amide bonds. The maximum atomic E-state index is 12.2. The molecule has 5 heteroatoms. The van der Waals surface area contributed by atoms with Crippen LogP contribution in [0.5, 0.6) is 0 Å². The third-order valence-corrected chi connectivity index (χ3v) is 3.95. The van der Waals surface area contributed by atoms with Crippen molar-refractivity contribution in [2.45, 2.75) is 59.5 Å². The van der Waals surface area contributed by atoms with Crippen LogP contribution in [-0.4, -0.2) is 39.9 Å². The molecule has 2 rings (SSSR count). The fourth-order valence-corrected chi connectivity index (χ4v) is 2.72. The van der Waals surface area contributed by atoms with Gasteiger partial charge >= 0.3 is 6.09 Å². The average molecular weight is 305 g/mol. The van der Waals surface area contributed by atoms with E-state index < -0.39 is 5.60 Å². The first-order chi connectivity index (χ1) is 10.2. The minimum atomic E-state index is -0.441.